The van der Waals surface area contributed by atoms with Gasteiger partial charge in [-0.05, 0) is 18.2 Å². The molecular weight excluding hydrogens is 306 g/mol. The maximum atomic E-state index is 12.2. The molecule has 1 aliphatic heterocycles. The van der Waals surface area contributed by atoms with Gasteiger partial charge in [0.15, 0.2) is 0 Å². The summed E-state index contributed by atoms with van der Waals surface area (Å²) in [6.45, 7) is 0. The van der Waals surface area contributed by atoms with Crippen molar-refractivity contribution >= 4 is 44.5 Å². The molecular formula is C16H8ClNO2S. The number of fused-ring (bicyclic) bond motifs is 2. The van der Waals surface area contributed by atoms with Crippen LogP contribution in [0.2, 0.25) is 5.02 Å². The summed E-state index contributed by atoms with van der Waals surface area (Å²) >= 11 is 7.50. The molecule has 1 aliphatic rings. The quantitative estimate of drug-likeness (QED) is 0.751. The molecule has 102 valence electrons. The highest BCUT2D eigenvalue weighted by atomic mass is 35.5. The minimum Gasteiger partial charge on any atom is -0.506 e. The Morgan fingerprint density at radius 3 is 2.71 bits per heavy atom. The van der Waals surface area contributed by atoms with Crippen LogP contribution < -0.4 is 10.6 Å². The first-order chi connectivity index (χ1) is 10.2. The fraction of sp³-hybridized carbons (Fsp3) is 0. The second-order valence-corrected chi connectivity index (χ2v) is 6.16. The van der Waals surface area contributed by atoms with Gasteiger partial charge in [-0.15, -0.1) is 11.3 Å². The minimum absolute atomic E-state index is 0.0517. The monoisotopic (exact) mass is 313 g/mol. The van der Waals surface area contributed by atoms with Gasteiger partial charge in [-0.25, -0.2) is 4.99 Å². The van der Waals surface area contributed by atoms with Crippen LogP contribution in [0.5, 0.6) is 5.75 Å². The number of halogens is 1. The first kappa shape index (κ1) is 12.6. The third kappa shape index (κ3) is 1.73. The number of carbonyl (C=O) groups is 1. The molecule has 0 aliphatic carbocycles. The maximum absolute atomic E-state index is 12.2. The molecule has 0 saturated heterocycles. The highest BCUT2D eigenvalue weighted by Gasteiger charge is 2.25. The van der Waals surface area contributed by atoms with Gasteiger partial charge in [0, 0.05) is 9.92 Å². The van der Waals surface area contributed by atoms with Gasteiger partial charge in [-0.1, -0.05) is 35.9 Å². The Bertz CT molecular complexity index is 1040. The van der Waals surface area contributed by atoms with Gasteiger partial charge in [0.2, 0.25) is 0 Å². The zero-order chi connectivity index (χ0) is 14.6. The van der Waals surface area contributed by atoms with Gasteiger partial charge in [0.1, 0.15) is 5.75 Å². The molecule has 21 heavy (non-hydrogen) atoms. The van der Waals surface area contributed by atoms with Crippen LogP contribution in [-0.2, 0) is 4.79 Å². The number of nitrogens with zero attached hydrogens (tertiary/aromatic N) is 1. The molecule has 0 fully saturated rings. The Kier molecular flexibility index (Phi) is 2.64. The SMILES string of the molecule is O=C1N=c2ccccc2=C1c1sc2cccc(Cl)c2c1O. The van der Waals surface area contributed by atoms with Gasteiger partial charge in [-0.2, -0.15) is 0 Å². The molecule has 1 N–H and O–H groups in total. The van der Waals surface area contributed by atoms with Crippen LogP contribution in [0, 0.1) is 0 Å². The van der Waals surface area contributed by atoms with Crippen molar-refractivity contribution in [3.05, 3.63) is 62.9 Å². The summed E-state index contributed by atoms with van der Waals surface area (Å²) in [5.41, 5.74) is 0.445. The van der Waals surface area contributed by atoms with E-state index >= 15 is 0 Å². The van der Waals surface area contributed by atoms with Crippen molar-refractivity contribution in [2.45, 2.75) is 0 Å². The van der Waals surface area contributed by atoms with E-state index in [-0.39, 0.29) is 11.7 Å². The van der Waals surface area contributed by atoms with Crippen LogP contribution >= 0.6 is 22.9 Å². The average molecular weight is 314 g/mol. The van der Waals surface area contributed by atoms with E-state index in [1.807, 2.05) is 30.3 Å². The van der Waals surface area contributed by atoms with E-state index in [2.05, 4.69) is 4.99 Å². The van der Waals surface area contributed by atoms with Crippen LogP contribution in [-0.4, -0.2) is 11.0 Å². The van der Waals surface area contributed by atoms with Crippen LogP contribution in [0.15, 0.2) is 47.5 Å². The smallest absolute Gasteiger partial charge is 0.279 e. The second kappa shape index (κ2) is 4.41. The van der Waals surface area contributed by atoms with E-state index < -0.39 is 0 Å². The predicted molar refractivity (Wildman–Crippen MR) is 83.2 cm³/mol. The van der Waals surface area contributed by atoms with Crippen molar-refractivity contribution < 1.29 is 9.90 Å². The van der Waals surface area contributed by atoms with Gasteiger partial charge < -0.3 is 5.11 Å². The summed E-state index contributed by atoms with van der Waals surface area (Å²) in [6, 6.07) is 12.7. The zero-order valence-corrected chi connectivity index (χ0v) is 12.2. The predicted octanol–water partition coefficient (Wildman–Crippen LogP) is 2.62. The Morgan fingerprint density at radius 1 is 1.10 bits per heavy atom. The van der Waals surface area contributed by atoms with Crippen molar-refractivity contribution in [2.75, 3.05) is 0 Å². The third-order valence-corrected chi connectivity index (χ3v) is 4.95. The van der Waals surface area contributed by atoms with Crippen LogP contribution in [0.3, 0.4) is 0 Å². The normalized spacial score (nSPS) is 13.6. The third-order valence-electron chi connectivity index (χ3n) is 3.48. The minimum atomic E-state index is -0.325. The fourth-order valence-electron chi connectivity index (χ4n) is 2.54. The topological polar surface area (TPSA) is 49.7 Å². The summed E-state index contributed by atoms with van der Waals surface area (Å²) in [5.74, 6) is -0.273. The van der Waals surface area contributed by atoms with E-state index in [9.17, 15) is 9.90 Å². The molecule has 2 heterocycles. The van der Waals surface area contributed by atoms with Crippen LogP contribution in [0.25, 0.3) is 15.7 Å². The van der Waals surface area contributed by atoms with E-state index in [4.69, 9.17) is 11.6 Å². The number of hydrogen-bond donors (Lipinski definition) is 1. The number of amides is 1. The maximum Gasteiger partial charge on any atom is 0.279 e. The first-order valence-electron chi connectivity index (χ1n) is 6.29. The lowest BCUT2D eigenvalue weighted by molar-refractivity contribution is -0.112. The fourth-order valence-corrected chi connectivity index (χ4v) is 4.04. The lowest BCUT2D eigenvalue weighted by atomic mass is 10.1. The Morgan fingerprint density at radius 2 is 1.90 bits per heavy atom. The molecule has 1 aromatic heterocycles. The number of hydrogen-bond acceptors (Lipinski definition) is 3. The molecule has 2 aromatic carbocycles. The summed E-state index contributed by atoms with van der Waals surface area (Å²) in [4.78, 5) is 16.8. The number of thiophene rings is 1. The van der Waals surface area contributed by atoms with Gasteiger partial charge >= 0.3 is 0 Å². The molecule has 0 bridgehead atoms. The molecule has 1 amide bonds. The zero-order valence-electron chi connectivity index (χ0n) is 10.6. The molecule has 5 heteroatoms. The van der Waals surface area contributed by atoms with E-state index in [1.54, 1.807) is 12.1 Å². The second-order valence-electron chi connectivity index (χ2n) is 4.70. The van der Waals surface area contributed by atoms with E-state index in [0.717, 1.165) is 9.92 Å². The Balaban J connectivity index is 2.14. The van der Waals surface area contributed by atoms with Gasteiger partial charge in [-0.3, -0.25) is 4.79 Å². The molecule has 0 radical (unpaired) electrons. The van der Waals surface area contributed by atoms with Gasteiger partial charge in [0.05, 0.1) is 26.2 Å². The molecule has 0 atom stereocenters. The molecule has 4 rings (SSSR count). The highest BCUT2D eigenvalue weighted by Crippen LogP contribution is 2.43. The lowest BCUT2D eigenvalue weighted by Crippen LogP contribution is -2.22. The lowest BCUT2D eigenvalue weighted by Gasteiger charge is -1.98. The highest BCUT2D eigenvalue weighted by molar-refractivity contribution is 7.21. The summed E-state index contributed by atoms with van der Waals surface area (Å²) in [5, 5.41) is 12.9. The Hall–Kier alpha value is -2.17. The summed E-state index contributed by atoms with van der Waals surface area (Å²) < 4.78 is 0.847. The van der Waals surface area contributed by atoms with Crippen LogP contribution in [0.4, 0.5) is 0 Å². The molecule has 0 spiro atoms. The largest absolute Gasteiger partial charge is 0.506 e. The van der Waals surface area contributed by atoms with E-state index in [0.29, 0.717) is 26.2 Å². The molecule has 0 unspecified atom stereocenters. The number of aromatic hydroxyl groups is 1. The van der Waals surface area contributed by atoms with Crippen molar-refractivity contribution in [1.29, 1.82) is 0 Å². The van der Waals surface area contributed by atoms with Crippen molar-refractivity contribution in [3.63, 3.8) is 0 Å². The summed E-state index contributed by atoms with van der Waals surface area (Å²) in [6.07, 6.45) is 0. The van der Waals surface area contributed by atoms with Crippen molar-refractivity contribution in [1.82, 2.24) is 0 Å². The average Bonchev–Trinajstić information content (AvgIpc) is 2.96. The standard InChI is InChI=1S/C16H8ClNO2S/c17-9-5-3-7-11-13(9)14(19)15(21-11)12-8-4-1-2-6-10(8)18-16(12)20/h1-7,19H. The molecule has 3 aromatic rings. The van der Waals surface area contributed by atoms with E-state index in [1.165, 1.54) is 11.3 Å². The first-order valence-corrected chi connectivity index (χ1v) is 7.49. The number of benzene rings is 2. The number of para-hydroxylation sites is 1. The van der Waals surface area contributed by atoms with Crippen molar-refractivity contribution in [2.24, 2.45) is 4.99 Å². The summed E-state index contributed by atoms with van der Waals surface area (Å²) in [7, 11) is 0. The number of carbonyl (C=O) groups excluding carboxylic acids is 1. The van der Waals surface area contributed by atoms with Crippen molar-refractivity contribution in [3.8, 4) is 5.75 Å². The molecule has 3 nitrogen and oxygen atoms in total. The Labute approximate surface area is 128 Å². The van der Waals surface area contributed by atoms with Gasteiger partial charge in [0.25, 0.3) is 5.91 Å². The number of rotatable bonds is 1. The van der Waals surface area contributed by atoms with Crippen LogP contribution in [0.1, 0.15) is 4.88 Å². The molecule has 0 saturated carbocycles.